The lowest BCUT2D eigenvalue weighted by Gasteiger charge is -2.09. The average molecular weight is 310 g/mol. The number of carbonyl (C=O) groups excluding carboxylic acids is 2. The monoisotopic (exact) mass is 310 g/mol. The van der Waals surface area contributed by atoms with Gasteiger partial charge in [0.1, 0.15) is 0 Å². The second kappa shape index (κ2) is 7.58. The fourth-order valence-corrected chi connectivity index (χ4v) is 2.43. The second-order valence-corrected chi connectivity index (χ2v) is 5.76. The van der Waals surface area contributed by atoms with Crippen molar-refractivity contribution in [3.63, 3.8) is 0 Å². The summed E-state index contributed by atoms with van der Waals surface area (Å²) in [5.74, 6) is -0.436. The molecule has 0 aliphatic carbocycles. The molecule has 0 aliphatic rings. The molecule has 4 heteroatoms. The molecular weight excluding hydrogens is 288 g/mol. The van der Waals surface area contributed by atoms with E-state index in [1.807, 2.05) is 63.2 Å². The molecule has 2 amide bonds. The highest BCUT2D eigenvalue weighted by Crippen LogP contribution is 2.08. The van der Waals surface area contributed by atoms with Crippen molar-refractivity contribution in [2.24, 2.45) is 0 Å². The van der Waals surface area contributed by atoms with Crippen LogP contribution in [0.5, 0.6) is 0 Å². The van der Waals surface area contributed by atoms with Crippen molar-refractivity contribution >= 4 is 11.8 Å². The molecule has 0 saturated carbocycles. The molecule has 0 fully saturated rings. The van der Waals surface area contributed by atoms with Crippen LogP contribution in [0.15, 0.2) is 42.5 Å². The van der Waals surface area contributed by atoms with Gasteiger partial charge in [-0.1, -0.05) is 41.5 Å². The van der Waals surface area contributed by atoms with E-state index >= 15 is 0 Å². The van der Waals surface area contributed by atoms with E-state index in [1.165, 1.54) is 0 Å². The Morgan fingerprint density at radius 3 is 2.22 bits per heavy atom. The van der Waals surface area contributed by atoms with E-state index in [1.54, 1.807) is 0 Å². The molecule has 0 aliphatic heterocycles. The molecule has 2 aromatic rings. The molecule has 0 radical (unpaired) electrons. The molecule has 23 heavy (non-hydrogen) atoms. The normalized spacial score (nSPS) is 10.2. The highest BCUT2D eigenvalue weighted by molar-refractivity contribution is 5.96. The molecular formula is C19H22N2O2. The third-order valence-corrected chi connectivity index (χ3v) is 3.63. The number of aryl methyl sites for hydroxylation is 3. The maximum atomic E-state index is 12.1. The molecule has 0 atom stereocenters. The summed E-state index contributed by atoms with van der Waals surface area (Å²) in [4.78, 5) is 24.0. The Morgan fingerprint density at radius 2 is 1.57 bits per heavy atom. The molecule has 2 rings (SSSR count). The van der Waals surface area contributed by atoms with Crippen LogP contribution < -0.4 is 10.6 Å². The van der Waals surface area contributed by atoms with Crippen molar-refractivity contribution in [3.8, 4) is 0 Å². The molecule has 4 nitrogen and oxygen atoms in total. The van der Waals surface area contributed by atoms with Crippen molar-refractivity contribution in [1.82, 2.24) is 10.6 Å². The predicted octanol–water partition coefficient (Wildman–Crippen LogP) is 2.66. The lowest BCUT2D eigenvalue weighted by atomic mass is 10.1. The average Bonchev–Trinajstić information content (AvgIpc) is 2.51. The van der Waals surface area contributed by atoms with Crippen LogP contribution in [-0.4, -0.2) is 18.4 Å². The molecule has 2 N–H and O–H groups in total. The quantitative estimate of drug-likeness (QED) is 0.892. The molecule has 0 bridgehead atoms. The molecule has 0 saturated heterocycles. The predicted molar refractivity (Wildman–Crippen MR) is 91.3 cm³/mol. The molecule has 2 aromatic carbocycles. The minimum atomic E-state index is -0.233. The Balaban J connectivity index is 1.84. The zero-order chi connectivity index (χ0) is 16.8. The Kier molecular flexibility index (Phi) is 5.52. The van der Waals surface area contributed by atoms with Gasteiger partial charge < -0.3 is 10.6 Å². The minimum Gasteiger partial charge on any atom is -0.350 e. The minimum absolute atomic E-state index is 0.0301. The van der Waals surface area contributed by atoms with Gasteiger partial charge in [-0.3, -0.25) is 9.59 Å². The van der Waals surface area contributed by atoms with E-state index < -0.39 is 0 Å². The van der Waals surface area contributed by atoms with Gasteiger partial charge in [0.2, 0.25) is 5.91 Å². The maximum absolute atomic E-state index is 12.1. The largest absolute Gasteiger partial charge is 0.350 e. The molecule has 0 aromatic heterocycles. The van der Waals surface area contributed by atoms with Gasteiger partial charge >= 0.3 is 0 Å². The maximum Gasteiger partial charge on any atom is 0.251 e. The van der Waals surface area contributed by atoms with Crippen LogP contribution in [0.25, 0.3) is 0 Å². The van der Waals surface area contributed by atoms with Gasteiger partial charge in [0, 0.05) is 12.1 Å². The number of amides is 2. The summed E-state index contributed by atoms with van der Waals surface area (Å²) in [6.45, 7) is 6.32. The second-order valence-electron chi connectivity index (χ2n) is 5.76. The first-order valence-electron chi connectivity index (χ1n) is 7.63. The number of hydrogen-bond acceptors (Lipinski definition) is 2. The first-order valence-corrected chi connectivity index (χ1v) is 7.63. The highest BCUT2D eigenvalue weighted by atomic mass is 16.2. The molecule has 0 spiro atoms. The van der Waals surface area contributed by atoms with Crippen LogP contribution >= 0.6 is 0 Å². The van der Waals surface area contributed by atoms with Crippen molar-refractivity contribution in [2.45, 2.75) is 27.3 Å². The third kappa shape index (κ3) is 4.95. The Morgan fingerprint density at radius 1 is 0.913 bits per heavy atom. The summed E-state index contributed by atoms with van der Waals surface area (Å²) in [6.07, 6.45) is 0. The fourth-order valence-electron chi connectivity index (χ4n) is 2.43. The van der Waals surface area contributed by atoms with Crippen LogP contribution in [0.3, 0.4) is 0 Å². The Bertz CT molecular complexity index is 703. The van der Waals surface area contributed by atoms with E-state index in [9.17, 15) is 9.59 Å². The SMILES string of the molecule is Cc1cc(C)cc(C(=O)NCC(=O)NCc2ccccc2C)c1. The summed E-state index contributed by atoms with van der Waals surface area (Å²) >= 11 is 0. The van der Waals surface area contributed by atoms with Gasteiger partial charge in [0.05, 0.1) is 6.54 Å². The van der Waals surface area contributed by atoms with E-state index in [0.717, 1.165) is 22.3 Å². The first kappa shape index (κ1) is 16.7. The van der Waals surface area contributed by atoms with Crippen molar-refractivity contribution in [2.75, 3.05) is 6.54 Å². The summed E-state index contributed by atoms with van der Waals surface area (Å²) in [5.41, 5.74) is 4.83. The molecule has 0 heterocycles. The summed E-state index contributed by atoms with van der Waals surface area (Å²) in [7, 11) is 0. The zero-order valence-corrected chi connectivity index (χ0v) is 13.8. The van der Waals surface area contributed by atoms with Gasteiger partial charge in [-0.05, 0) is 44.0 Å². The standard InChI is InChI=1S/C19H22N2O2/c1-13-8-14(2)10-17(9-13)19(23)21-12-18(22)20-11-16-7-5-4-6-15(16)3/h4-10H,11-12H2,1-3H3,(H,20,22)(H,21,23). The number of carbonyl (C=O) groups is 2. The number of nitrogens with one attached hydrogen (secondary N) is 2. The topological polar surface area (TPSA) is 58.2 Å². The lowest BCUT2D eigenvalue weighted by Crippen LogP contribution is -2.36. The van der Waals surface area contributed by atoms with Crippen LogP contribution in [0.1, 0.15) is 32.6 Å². The number of rotatable bonds is 5. The molecule has 120 valence electrons. The van der Waals surface area contributed by atoms with E-state index in [0.29, 0.717) is 12.1 Å². The summed E-state index contributed by atoms with van der Waals surface area (Å²) < 4.78 is 0. The van der Waals surface area contributed by atoms with Gasteiger partial charge in [0.25, 0.3) is 5.91 Å². The third-order valence-electron chi connectivity index (χ3n) is 3.63. The molecule has 0 unspecified atom stereocenters. The van der Waals surface area contributed by atoms with Gasteiger partial charge in [-0.25, -0.2) is 0 Å². The highest BCUT2D eigenvalue weighted by Gasteiger charge is 2.09. The Labute approximate surface area is 136 Å². The first-order chi connectivity index (χ1) is 11.0. The fraction of sp³-hybridized carbons (Fsp3) is 0.263. The lowest BCUT2D eigenvalue weighted by molar-refractivity contribution is -0.120. The Hall–Kier alpha value is -2.62. The number of benzene rings is 2. The van der Waals surface area contributed by atoms with Crippen molar-refractivity contribution in [3.05, 3.63) is 70.3 Å². The van der Waals surface area contributed by atoms with Crippen LogP contribution in [0.2, 0.25) is 0 Å². The zero-order valence-electron chi connectivity index (χ0n) is 13.8. The summed E-state index contributed by atoms with van der Waals surface area (Å²) in [6, 6.07) is 13.5. The van der Waals surface area contributed by atoms with Gasteiger partial charge in [-0.15, -0.1) is 0 Å². The van der Waals surface area contributed by atoms with E-state index in [-0.39, 0.29) is 18.4 Å². The smallest absolute Gasteiger partial charge is 0.251 e. The summed E-state index contributed by atoms with van der Waals surface area (Å²) in [5, 5.41) is 5.47. The van der Waals surface area contributed by atoms with Crippen LogP contribution in [-0.2, 0) is 11.3 Å². The van der Waals surface area contributed by atoms with Crippen molar-refractivity contribution in [1.29, 1.82) is 0 Å². The number of hydrogen-bond donors (Lipinski definition) is 2. The van der Waals surface area contributed by atoms with Crippen LogP contribution in [0.4, 0.5) is 0 Å². The van der Waals surface area contributed by atoms with Gasteiger partial charge in [-0.2, -0.15) is 0 Å². The van der Waals surface area contributed by atoms with E-state index in [2.05, 4.69) is 10.6 Å². The van der Waals surface area contributed by atoms with Gasteiger partial charge in [0.15, 0.2) is 0 Å². The van der Waals surface area contributed by atoms with E-state index in [4.69, 9.17) is 0 Å². The van der Waals surface area contributed by atoms with Crippen LogP contribution in [0, 0.1) is 20.8 Å². The van der Waals surface area contributed by atoms with Crippen molar-refractivity contribution < 1.29 is 9.59 Å².